The Balaban J connectivity index is 1.72. The van der Waals surface area contributed by atoms with Crippen LogP contribution in [0.25, 0.3) is 22.3 Å². The summed E-state index contributed by atoms with van der Waals surface area (Å²) in [6.45, 7) is -0.663. The Bertz CT molecular complexity index is 1270. The Labute approximate surface area is 191 Å². The van der Waals surface area contributed by atoms with Crippen molar-refractivity contribution in [2.75, 3.05) is 13.7 Å². The highest BCUT2D eigenvalue weighted by Crippen LogP contribution is 2.42. The number of benzene rings is 2. The van der Waals surface area contributed by atoms with Gasteiger partial charge >= 0.3 is 0 Å². The number of ether oxygens (including phenoxy) is 3. The number of phenols is 3. The molecule has 1 aliphatic heterocycles. The van der Waals surface area contributed by atoms with Crippen molar-refractivity contribution in [2.45, 2.75) is 30.7 Å². The van der Waals surface area contributed by atoms with E-state index in [0.29, 0.717) is 0 Å². The zero-order chi connectivity index (χ0) is 24.7. The second-order valence-corrected chi connectivity index (χ2v) is 7.62. The lowest BCUT2D eigenvalue weighted by atomic mass is 9.99. The molecule has 0 aliphatic carbocycles. The quantitative estimate of drug-likeness (QED) is 0.254. The lowest BCUT2D eigenvalue weighted by Gasteiger charge is -2.39. The van der Waals surface area contributed by atoms with E-state index < -0.39 is 54.2 Å². The predicted molar refractivity (Wildman–Crippen MR) is 114 cm³/mol. The molecule has 0 saturated carbocycles. The molecular weight excluding hydrogens is 456 g/mol. The molecule has 0 unspecified atom stereocenters. The number of aliphatic hydroxyl groups excluding tert-OH is 4. The fourth-order valence-corrected chi connectivity index (χ4v) is 3.67. The molecule has 0 radical (unpaired) electrons. The minimum atomic E-state index is -1.71. The average molecular weight is 478 g/mol. The molecule has 0 amide bonds. The summed E-state index contributed by atoms with van der Waals surface area (Å²) in [5.41, 5.74) is -0.550. The second-order valence-electron chi connectivity index (χ2n) is 7.62. The standard InChI is InChI=1S/C22H22O12/c1-31-21-11(26)6-14-16(18(21)28)10(25)5-12(32-14)8-2-3-9(24)13(4-8)33-22-20(30)19(29)17(27)15(7-23)34-22/h2-6,15,17,19-20,22-24,26-30H,7H2,1H3/t15-,17-,19+,20-,22-/m1/s1. The van der Waals surface area contributed by atoms with Crippen molar-refractivity contribution in [1.29, 1.82) is 0 Å². The van der Waals surface area contributed by atoms with E-state index in [4.69, 9.17) is 18.6 Å². The molecule has 4 rings (SSSR count). The second kappa shape index (κ2) is 9.00. The molecule has 34 heavy (non-hydrogen) atoms. The molecule has 12 heteroatoms. The van der Waals surface area contributed by atoms with Gasteiger partial charge in [0, 0.05) is 17.7 Å². The molecule has 5 atom stereocenters. The number of methoxy groups -OCH3 is 1. The fourth-order valence-electron chi connectivity index (χ4n) is 3.67. The summed E-state index contributed by atoms with van der Waals surface area (Å²) in [7, 11) is 1.21. The summed E-state index contributed by atoms with van der Waals surface area (Å²) in [6.07, 6.45) is -7.75. The minimum Gasteiger partial charge on any atom is -0.504 e. The van der Waals surface area contributed by atoms with Gasteiger partial charge in [0.05, 0.1) is 13.7 Å². The molecule has 0 spiro atoms. The van der Waals surface area contributed by atoms with Crippen molar-refractivity contribution in [3.8, 4) is 40.1 Å². The van der Waals surface area contributed by atoms with E-state index in [1.165, 1.54) is 25.3 Å². The molecule has 12 nitrogen and oxygen atoms in total. The van der Waals surface area contributed by atoms with Gasteiger partial charge < -0.3 is 54.4 Å². The van der Waals surface area contributed by atoms with Crippen molar-refractivity contribution in [3.05, 3.63) is 40.6 Å². The van der Waals surface area contributed by atoms with Crippen LogP contribution in [0.3, 0.4) is 0 Å². The van der Waals surface area contributed by atoms with Crippen LogP contribution < -0.4 is 14.9 Å². The van der Waals surface area contributed by atoms with Crippen LogP contribution in [0.5, 0.6) is 28.7 Å². The molecule has 182 valence electrons. The van der Waals surface area contributed by atoms with E-state index in [1.54, 1.807) is 0 Å². The zero-order valence-electron chi connectivity index (χ0n) is 17.7. The van der Waals surface area contributed by atoms with Crippen LogP contribution in [0, 0.1) is 0 Å². The van der Waals surface area contributed by atoms with Gasteiger partial charge in [-0.25, -0.2) is 0 Å². The van der Waals surface area contributed by atoms with Gasteiger partial charge in [0.1, 0.15) is 41.1 Å². The van der Waals surface area contributed by atoms with Gasteiger partial charge in [-0.2, -0.15) is 0 Å². The van der Waals surface area contributed by atoms with Gasteiger partial charge in [0.15, 0.2) is 28.4 Å². The Hall–Kier alpha value is -3.55. The van der Waals surface area contributed by atoms with Gasteiger partial charge in [-0.15, -0.1) is 0 Å². The Morgan fingerprint density at radius 1 is 0.971 bits per heavy atom. The van der Waals surface area contributed by atoms with Gasteiger partial charge in [0.25, 0.3) is 0 Å². The van der Waals surface area contributed by atoms with E-state index >= 15 is 0 Å². The summed E-state index contributed by atoms with van der Waals surface area (Å²) in [6, 6.07) is 6.03. The average Bonchev–Trinajstić information content (AvgIpc) is 2.80. The Morgan fingerprint density at radius 3 is 2.38 bits per heavy atom. The molecular formula is C22H22O12. The number of hydrogen-bond acceptors (Lipinski definition) is 12. The van der Waals surface area contributed by atoms with Gasteiger partial charge in [-0.05, 0) is 18.2 Å². The minimum absolute atomic E-state index is 0.0138. The summed E-state index contributed by atoms with van der Waals surface area (Å²) in [5.74, 6) is -1.96. The number of aliphatic hydroxyl groups is 4. The summed E-state index contributed by atoms with van der Waals surface area (Å²) in [4.78, 5) is 12.7. The SMILES string of the molecule is COc1c(O)cc2oc(-c3ccc(O)c(O[C@@H]4O[C@H](CO)[C@@H](O)[C@H](O)[C@H]4O)c3)cc(=O)c2c1O. The van der Waals surface area contributed by atoms with Crippen LogP contribution >= 0.6 is 0 Å². The normalized spacial score (nSPS) is 24.8. The van der Waals surface area contributed by atoms with Crippen molar-refractivity contribution < 1.29 is 54.4 Å². The smallest absolute Gasteiger partial charge is 0.229 e. The highest BCUT2D eigenvalue weighted by atomic mass is 16.7. The topological polar surface area (TPSA) is 200 Å². The van der Waals surface area contributed by atoms with E-state index in [-0.39, 0.29) is 39.5 Å². The number of aromatic hydroxyl groups is 3. The van der Waals surface area contributed by atoms with Gasteiger partial charge in [-0.1, -0.05) is 0 Å². The highest BCUT2D eigenvalue weighted by Gasteiger charge is 2.45. The third kappa shape index (κ3) is 3.97. The number of hydrogen-bond donors (Lipinski definition) is 7. The molecule has 1 aliphatic rings. The highest BCUT2D eigenvalue weighted by molar-refractivity contribution is 5.89. The summed E-state index contributed by atoms with van der Waals surface area (Å²) < 4.78 is 21.3. The predicted octanol–water partition coefficient (Wildman–Crippen LogP) is -0.236. The molecule has 1 aromatic heterocycles. The van der Waals surface area contributed by atoms with Crippen LogP contribution in [-0.4, -0.2) is 80.2 Å². The largest absolute Gasteiger partial charge is 0.504 e. The summed E-state index contributed by atoms with van der Waals surface area (Å²) in [5, 5.41) is 69.6. The van der Waals surface area contributed by atoms with E-state index in [2.05, 4.69) is 0 Å². The third-order valence-electron chi connectivity index (χ3n) is 5.47. The third-order valence-corrected chi connectivity index (χ3v) is 5.47. The van der Waals surface area contributed by atoms with Gasteiger partial charge in [0.2, 0.25) is 12.0 Å². The van der Waals surface area contributed by atoms with Crippen LogP contribution in [0.4, 0.5) is 0 Å². The van der Waals surface area contributed by atoms with E-state index in [0.717, 1.165) is 12.1 Å². The molecule has 0 bridgehead atoms. The van der Waals surface area contributed by atoms with Crippen molar-refractivity contribution in [3.63, 3.8) is 0 Å². The lowest BCUT2D eigenvalue weighted by molar-refractivity contribution is -0.277. The summed E-state index contributed by atoms with van der Waals surface area (Å²) >= 11 is 0. The number of rotatable bonds is 5. The van der Waals surface area contributed by atoms with E-state index in [1.807, 2.05) is 0 Å². The van der Waals surface area contributed by atoms with Crippen LogP contribution in [0.2, 0.25) is 0 Å². The Morgan fingerprint density at radius 2 is 1.71 bits per heavy atom. The van der Waals surface area contributed by atoms with Crippen LogP contribution in [0.15, 0.2) is 39.5 Å². The van der Waals surface area contributed by atoms with Crippen molar-refractivity contribution in [2.24, 2.45) is 0 Å². The molecule has 7 N–H and O–H groups in total. The van der Waals surface area contributed by atoms with Crippen molar-refractivity contribution in [1.82, 2.24) is 0 Å². The Kier molecular flexibility index (Phi) is 6.25. The lowest BCUT2D eigenvalue weighted by Crippen LogP contribution is -2.60. The maximum atomic E-state index is 12.7. The molecule has 1 saturated heterocycles. The molecule has 2 aromatic carbocycles. The fraction of sp³-hybridized carbons (Fsp3) is 0.318. The first-order valence-corrected chi connectivity index (χ1v) is 10.0. The number of fused-ring (bicyclic) bond motifs is 1. The molecule has 1 fully saturated rings. The van der Waals surface area contributed by atoms with E-state index in [9.17, 15) is 40.5 Å². The number of phenolic OH excluding ortho intramolecular Hbond substituents is 3. The first-order chi connectivity index (χ1) is 16.2. The van der Waals surface area contributed by atoms with Crippen LogP contribution in [-0.2, 0) is 4.74 Å². The molecule has 3 aromatic rings. The maximum Gasteiger partial charge on any atom is 0.229 e. The van der Waals surface area contributed by atoms with Gasteiger partial charge in [-0.3, -0.25) is 4.79 Å². The monoisotopic (exact) mass is 478 g/mol. The maximum absolute atomic E-state index is 12.7. The zero-order valence-corrected chi connectivity index (χ0v) is 17.7. The molecule has 2 heterocycles. The van der Waals surface area contributed by atoms with Crippen LogP contribution in [0.1, 0.15) is 0 Å². The first-order valence-electron chi connectivity index (χ1n) is 10.0. The van der Waals surface area contributed by atoms with Crippen molar-refractivity contribution >= 4 is 11.0 Å². The first kappa shape index (κ1) is 23.6.